The molecule has 4 N–H and O–H groups in total. The van der Waals surface area contributed by atoms with Gasteiger partial charge in [-0.1, -0.05) is 36.4 Å². The van der Waals surface area contributed by atoms with Crippen LogP contribution in [0, 0.1) is 0 Å². The molecule has 0 aliphatic carbocycles. The molecule has 0 fully saturated rings. The van der Waals surface area contributed by atoms with E-state index in [0.717, 1.165) is 16.7 Å². The highest BCUT2D eigenvalue weighted by atomic mass is 32.2. The van der Waals surface area contributed by atoms with Gasteiger partial charge in [0.15, 0.2) is 11.0 Å². The minimum Gasteiger partial charge on any atom is -0.355 e. The predicted molar refractivity (Wildman–Crippen MR) is 142 cm³/mol. The van der Waals surface area contributed by atoms with Crippen LogP contribution in [0.3, 0.4) is 0 Å². The molecule has 3 amide bonds. The molecule has 0 aliphatic rings. The number of aromatic nitrogens is 1. The quantitative estimate of drug-likeness (QED) is 0.285. The number of benzene rings is 3. The topological polar surface area (TPSA) is 112 Å². The third-order valence-electron chi connectivity index (χ3n) is 5.30. The lowest BCUT2D eigenvalue weighted by Gasteiger charge is -2.12. The van der Waals surface area contributed by atoms with Gasteiger partial charge in [-0.25, -0.2) is 9.00 Å². The minimum absolute atomic E-state index is 0.163. The molecule has 1 aromatic heterocycles. The zero-order chi connectivity index (χ0) is 25.3. The fourth-order valence-electron chi connectivity index (χ4n) is 3.46. The van der Waals surface area contributed by atoms with E-state index in [9.17, 15) is 13.8 Å². The molecule has 3 aromatic carbocycles. The molecular formula is C27H25N5O3S. The molecule has 36 heavy (non-hydrogen) atoms. The summed E-state index contributed by atoms with van der Waals surface area (Å²) in [4.78, 5) is 28.6. The molecule has 0 bridgehead atoms. The van der Waals surface area contributed by atoms with Crippen LogP contribution in [0.1, 0.15) is 15.9 Å². The Morgan fingerprint density at radius 2 is 1.58 bits per heavy atom. The maximum Gasteiger partial charge on any atom is 0.319 e. The van der Waals surface area contributed by atoms with Crippen LogP contribution < -0.4 is 20.7 Å². The summed E-state index contributed by atoms with van der Waals surface area (Å²) < 4.78 is 16.2. The first-order chi connectivity index (χ1) is 17.5. The molecule has 0 aliphatic heterocycles. The van der Waals surface area contributed by atoms with Crippen LogP contribution in [0.2, 0.25) is 0 Å². The summed E-state index contributed by atoms with van der Waals surface area (Å²) in [5.41, 5.74) is 4.35. The summed E-state index contributed by atoms with van der Waals surface area (Å²) in [7, 11) is 0.0463. The number of anilines is 2. The van der Waals surface area contributed by atoms with Crippen molar-refractivity contribution in [1.82, 2.24) is 15.6 Å². The SMILES string of the molecule is CNC(=O)c1ccc(-c2ccccc2S(=O)Nc2ccc(NC(=O)NCc3cccnc3)cc2)cc1. The molecule has 1 heterocycles. The maximum atomic E-state index is 13.2. The van der Waals surface area contributed by atoms with Gasteiger partial charge in [0, 0.05) is 42.9 Å². The van der Waals surface area contributed by atoms with Crippen LogP contribution >= 0.6 is 0 Å². The van der Waals surface area contributed by atoms with Crippen LogP contribution in [-0.4, -0.2) is 28.2 Å². The fraction of sp³-hybridized carbons (Fsp3) is 0.0741. The maximum absolute atomic E-state index is 13.2. The second-order valence-corrected chi connectivity index (χ2v) is 8.95. The van der Waals surface area contributed by atoms with E-state index in [1.807, 2.05) is 42.5 Å². The van der Waals surface area contributed by atoms with Crippen molar-refractivity contribution in [1.29, 1.82) is 0 Å². The van der Waals surface area contributed by atoms with E-state index in [1.54, 1.807) is 61.9 Å². The number of hydrogen-bond acceptors (Lipinski definition) is 4. The first-order valence-electron chi connectivity index (χ1n) is 11.2. The van der Waals surface area contributed by atoms with Gasteiger partial charge in [0.25, 0.3) is 5.91 Å². The monoisotopic (exact) mass is 499 g/mol. The number of amides is 3. The molecule has 4 aromatic rings. The summed E-state index contributed by atoms with van der Waals surface area (Å²) in [5, 5.41) is 8.14. The normalized spacial score (nSPS) is 11.2. The van der Waals surface area contributed by atoms with Gasteiger partial charge in [0.1, 0.15) is 0 Å². The molecule has 9 heteroatoms. The van der Waals surface area contributed by atoms with Crippen LogP contribution in [-0.2, 0) is 17.5 Å². The Labute approximate surface area is 211 Å². The highest BCUT2D eigenvalue weighted by Crippen LogP contribution is 2.27. The van der Waals surface area contributed by atoms with Crippen LogP contribution in [0.4, 0.5) is 16.2 Å². The van der Waals surface area contributed by atoms with Gasteiger partial charge in [-0.3, -0.25) is 9.78 Å². The van der Waals surface area contributed by atoms with Crippen molar-refractivity contribution in [3.05, 3.63) is 108 Å². The smallest absolute Gasteiger partial charge is 0.319 e. The van der Waals surface area contributed by atoms with E-state index in [4.69, 9.17) is 0 Å². The van der Waals surface area contributed by atoms with Crippen molar-refractivity contribution in [3.63, 3.8) is 0 Å². The number of carbonyl (C=O) groups is 2. The Hall–Kier alpha value is -4.50. The lowest BCUT2D eigenvalue weighted by atomic mass is 10.0. The van der Waals surface area contributed by atoms with Gasteiger partial charge in [0.05, 0.1) is 4.90 Å². The van der Waals surface area contributed by atoms with Crippen molar-refractivity contribution in [2.24, 2.45) is 0 Å². The highest BCUT2D eigenvalue weighted by molar-refractivity contribution is 7.86. The zero-order valence-electron chi connectivity index (χ0n) is 19.5. The second-order valence-electron chi connectivity index (χ2n) is 7.77. The van der Waals surface area contributed by atoms with Crippen molar-refractivity contribution >= 4 is 34.3 Å². The third-order valence-corrected chi connectivity index (χ3v) is 6.48. The van der Waals surface area contributed by atoms with Gasteiger partial charge in [-0.2, -0.15) is 0 Å². The van der Waals surface area contributed by atoms with Crippen molar-refractivity contribution in [2.45, 2.75) is 11.4 Å². The first-order valence-corrected chi connectivity index (χ1v) is 12.3. The van der Waals surface area contributed by atoms with E-state index >= 15 is 0 Å². The Kier molecular flexibility index (Phi) is 8.05. The summed E-state index contributed by atoms with van der Waals surface area (Å²) in [6.45, 7) is 0.367. The number of nitrogens with zero attached hydrogens (tertiary/aromatic N) is 1. The van der Waals surface area contributed by atoms with Gasteiger partial charge < -0.3 is 20.7 Å². The number of nitrogens with one attached hydrogen (secondary N) is 4. The van der Waals surface area contributed by atoms with Crippen molar-refractivity contribution < 1.29 is 13.8 Å². The standard InChI is InChI=1S/C27H25N5O3S/c1-28-26(33)21-10-8-20(9-11-21)24-6-2-3-7-25(24)36(35)32-23-14-12-22(13-15-23)31-27(34)30-18-19-5-4-16-29-17-19/h2-17,32H,18H2,1H3,(H,28,33)(H2,30,31,34). The zero-order valence-corrected chi connectivity index (χ0v) is 20.3. The molecule has 0 saturated carbocycles. The number of urea groups is 1. The van der Waals surface area contributed by atoms with Gasteiger partial charge in [0.2, 0.25) is 0 Å². The van der Waals surface area contributed by atoms with Crippen molar-refractivity contribution in [2.75, 3.05) is 17.1 Å². The molecule has 1 unspecified atom stereocenters. The molecule has 4 rings (SSSR count). The number of pyridine rings is 1. The third kappa shape index (κ3) is 6.34. The first kappa shape index (κ1) is 24.6. The van der Waals surface area contributed by atoms with E-state index in [-0.39, 0.29) is 11.9 Å². The van der Waals surface area contributed by atoms with Gasteiger partial charge >= 0.3 is 6.03 Å². The lowest BCUT2D eigenvalue weighted by Crippen LogP contribution is -2.28. The second kappa shape index (κ2) is 11.8. The van der Waals surface area contributed by atoms with Gasteiger partial charge in [-0.15, -0.1) is 0 Å². The summed E-state index contributed by atoms with van der Waals surface area (Å²) in [6.07, 6.45) is 3.37. The Bertz CT molecular complexity index is 1360. The van der Waals surface area contributed by atoms with Gasteiger partial charge in [-0.05, 0) is 65.2 Å². The van der Waals surface area contributed by atoms with E-state index in [0.29, 0.717) is 28.4 Å². The molecule has 182 valence electrons. The summed E-state index contributed by atoms with van der Waals surface area (Å²) >= 11 is 0. The Morgan fingerprint density at radius 3 is 2.28 bits per heavy atom. The Morgan fingerprint density at radius 1 is 0.861 bits per heavy atom. The average Bonchev–Trinajstić information content (AvgIpc) is 2.93. The molecule has 0 saturated heterocycles. The van der Waals surface area contributed by atoms with Crippen molar-refractivity contribution in [3.8, 4) is 11.1 Å². The minimum atomic E-state index is -1.54. The fourth-order valence-corrected chi connectivity index (χ4v) is 4.50. The van der Waals surface area contributed by atoms with E-state index in [2.05, 4.69) is 25.7 Å². The highest BCUT2D eigenvalue weighted by Gasteiger charge is 2.13. The molecular weight excluding hydrogens is 474 g/mol. The largest absolute Gasteiger partial charge is 0.355 e. The predicted octanol–water partition coefficient (Wildman–Crippen LogP) is 4.56. The van der Waals surface area contributed by atoms with Crippen LogP contribution in [0.5, 0.6) is 0 Å². The molecule has 1 atom stereocenters. The number of hydrogen-bond donors (Lipinski definition) is 4. The van der Waals surface area contributed by atoms with E-state index in [1.165, 1.54) is 0 Å². The van der Waals surface area contributed by atoms with E-state index < -0.39 is 11.0 Å². The van der Waals surface area contributed by atoms with Crippen LogP contribution in [0.25, 0.3) is 11.1 Å². The molecule has 0 spiro atoms. The lowest BCUT2D eigenvalue weighted by molar-refractivity contribution is 0.0963. The molecule has 8 nitrogen and oxygen atoms in total. The number of carbonyl (C=O) groups excluding carboxylic acids is 2. The summed E-state index contributed by atoms with van der Waals surface area (Å²) in [5.74, 6) is -0.163. The van der Waals surface area contributed by atoms with Crippen LogP contribution in [0.15, 0.2) is 102 Å². The number of rotatable bonds is 8. The average molecular weight is 500 g/mol. The molecule has 0 radical (unpaired) electrons. The Balaban J connectivity index is 1.39. The summed E-state index contributed by atoms with van der Waals surface area (Å²) in [6, 6.07) is 24.8.